The molecular formula is C18H23NO4. The van der Waals surface area contributed by atoms with Gasteiger partial charge in [0.25, 0.3) is 5.95 Å². The van der Waals surface area contributed by atoms with Gasteiger partial charge in [0.05, 0.1) is 12.0 Å². The number of para-hydroxylation sites is 1. The molecule has 0 aliphatic carbocycles. The third-order valence-corrected chi connectivity index (χ3v) is 4.17. The molecule has 0 fully saturated rings. The van der Waals surface area contributed by atoms with Gasteiger partial charge in [0, 0.05) is 12.6 Å². The lowest BCUT2D eigenvalue weighted by Crippen LogP contribution is -2.39. The first-order valence-corrected chi connectivity index (χ1v) is 7.85. The highest BCUT2D eigenvalue weighted by atomic mass is 16.6. The summed E-state index contributed by atoms with van der Waals surface area (Å²) in [5.74, 6) is 1.08. The second-order valence-corrected chi connectivity index (χ2v) is 5.53. The van der Waals surface area contributed by atoms with Crippen molar-refractivity contribution in [3.8, 4) is 11.7 Å². The second-order valence-electron chi connectivity index (χ2n) is 5.53. The van der Waals surface area contributed by atoms with Crippen molar-refractivity contribution in [1.82, 2.24) is 5.32 Å². The Bertz CT molecular complexity index is 617. The summed E-state index contributed by atoms with van der Waals surface area (Å²) in [6, 6.07) is 13.0. The number of hydrogen-bond acceptors (Lipinski definition) is 4. The highest BCUT2D eigenvalue weighted by Gasteiger charge is 2.34. The molecule has 0 atom stereocenters. The molecule has 0 spiro atoms. The van der Waals surface area contributed by atoms with Crippen LogP contribution in [0.4, 0.5) is 0 Å². The molecule has 2 aromatic rings. The highest BCUT2D eigenvalue weighted by molar-refractivity contribution is 5.74. The summed E-state index contributed by atoms with van der Waals surface area (Å²) in [4.78, 5) is 11.4. The van der Waals surface area contributed by atoms with E-state index in [1.807, 2.05) is 50.2 Å². The monoisotopic (exact) mass is 317 g/mol. The van der Waals surface area contributed by atoms with Crippen LogP contribution in [0.5, 0.6) is 11.7 Å². The maximum Gasteiger partial charge on any atom is 0.310 e. The predicted octanol–water partition coefficient (Wildman–Crippen LogP) is 4.05. The Hall–Kier alpha value is -2.27. The number of hydrogen-bond donors (Lipinski definition) is 2. The molecule has 0 aliphatic heterocycles. The molecule has 124 valence electrons. The first-order valence-electron chi connectivity index (χ1n) is 7.85. The Morgan fingerprint density at radius 3 is 2.48 bits per heavy atom. The smallest absolute Gasteiger partial charge is 0.310 e. The molecule has 0 amide bonds. The van der Waals surface area contributed by atoms with Gasteiger partial charge in [-0.1, -0.05) is 32.0 Å². The molecule has 0 saturated carbocycles. The maximum atomic E-state index is 11.4. The summed E-state index contributed by atoms with van der Waals surface area (Å²) in [7, 11) is 0. The Balaban J connectivity index is 1.88. The fourth-order valence-corrected chi connectivity index (χ4v) is 2.42. The zero-order chi connectivity index (χ0) is 16.7. The average Bonchev–Trinajstić information content (AvgIpc) is 3.00. The van der Waals surface area contributed by atoms with Gasteiger partial charge in [0.15, 0.2) is 0 Å². The number of carboxylic acid groups (broad SMARTS) is 1. The van der Waals surface area contributed by atoms with E-state index in [4.69, 9.17) is 9.15 Å². The quantitative estimate of drug-likeness (QED) is 0.730. The molecule has 0 aliphatic rings. The molecule has 0 radical (unpaired) electrons. The zero-order valence-corrected chi connectivity index (χ0v) is 13.5. The van der Waals surface area contributed by atoms with E-state index in [-0.39, 0.29) is 0 Å². The lowest BCUT2D eigenvalue weighted by atomic mass is 9.82. The number of aliphatic carboxylic acids is 1. The molecule has 1 aromatic heterocycles. The van der Waals surface area contributed by atoms with Crippen molar-refractivity contribution in [2.75, 3.05) is 6.54 Å². The number of benzene rings is 1. The van der Waals surface area contributed by atoms with Gasteiger partial charge in [0.1, 0.15) is 11.5 Å². The third kappa shape index (κ3) is 4.36. The number of nitrogens with one attached hydrogen (secondary N) is 1. The Morgan fingerprint density at radius 2 is 1.87 bits per heavy atom. The van der Waals surface area contributed by atoms with Crippen molar-refractivity contribution in [3.63, 3.8) is 0 Å². The van der Waals surface area contributed by atoms with Gasteiger partial charge < -0.3 is 19.6 Å². The van der Waals surface area contributed by atoms with Gasteiger partial charge in [-0.25, -0.2) is 0 Å². The molecular weight excluding hydrogens is 294 g/mol. The molecule has 5 heteroatoms. The van der Waals surface area contributed by atoms with E-state index in [9.17, 15) is 9.90 Å². The largest absolute Gasteiger partial charge is 0.481 e. The fourth-order valence-electron chi connectivity index (χ4n) is 2.42. The van der Waals surface area contributed by atoms with E-state index in [0.717, 1.165) is 0 Å². The van der Waals surface area contributed by atoms with Crippen molar-refractivity contribution in [1.29, 1.82) is 0 Å². The first-order chi connectivity index (χ1) is 11.1. The van der Waals surface area contributed by atoms with E-state index in [1.165, 1.54) is 0 Å². The van der Waals surface area contributed by atoms with Gasteiger partial charge in [-0.05, 0) is 31.0 Å². The maximum absolute atomic E-state index is 11.4. The lowest BCUT2D eigenvalue weighted by Gasteiger charge is -2.26. The molecule has 0 saturated heterocycles. The van der Waals surface area contributed by atoms with Crippen molar-refractivity contribution in [2.45, 2.75) is 33.2 Å². The van der Waals surface area contributed by atoms with Crippen LogP contribution in [0.1, 0.15) is 32.4 Å². The van der Waals surface area contributed by atoms with Gasteiger partial charge in [-0.3, -0.25) is 4.79 Å². The predicted molar refractivity (Wildman–Crippen MR) is 87.6 cm³/mol. The summed E-state index contributed by atoms with van der Waals surface area (Å²) in [5.41, 5.74) is -0.726. The van der Waals surface area contributed by atoms with E-state index >= 15 is 0 Å². The van der Waals surface area contributed by atoms with Gasteiger partial charge >= 0.3 is 5.97 Å². The summed E-state index contributed by atoms with van der Waals surface area (Å²) >= 11 is 0. The van der Waals surface area contributed by atoms with Crippen molar-refractivity contribution < 1.29 is 19.1 Å². The summed E-state index contributed by atoms with van der Waals surface area (Å²) in [6.45, 7) is 4.67. The fraction of sp³-hybridized carbons (Fsp3) is 0.389. The third-order valence-electron chi connectivity index (χ3n) is 4.17. The van der Waals surface area contributed by atoms with Crippen molar-refractivity contribution >= 4 is 5.97 Å². The molecule has 5 nitrogen and oxygen atoms in total. The van der Waals surface area contributed by atoms with Crippen molar-refractivity contribution in [3.05, 3.63) is 48.2 Å². The first kappa shape index (κ1) is 17.1. The number of ether oxygens (including phenoxy) is 1. The highest BCUT2D eigenvalue weighted by Crippen LogP contribution is 2.26. The van der Waals surface area contributed by atoms with Gasteiger partial charge in [-0.15, -0.1) is 0 Å². The average molecular weight is 317 g/mol. The Labute approximate surface area is 136 Å². The van der Waals surface area contributed by atoms with Crippen LogP contribution in [-0.4, -0.2) is 17.6 Å². The molecule has 2 N–H and O–H groups in total. The second kappa shape index (κ2) is 7.83. The van der Waals surface area contributed by atoms with E-state index in [2.05, 4.69) is 5.32 Å². The van der Waals surface area contributed by atoms with Crippen LogP contribution in [0.3, 0.4) is 0 Å². The standard InChI is InChI=1S/C18H23NO4/c1-3-18(4-2,17(20)21)13-19-12-15-10-11-16(23-15)22-14-8-6-5-7-9-14/h5-11,19H,3-4,12-13H2,1-2H3,(H,20,21). The summed E-state index contributed by atoms with van der Waals surface area (Å²) in [6.07, 6.45) is 1.18. The number of furan rings is 1. The van der Waals surface area contributed by atoms with Crippen molar-refractivity contribution in [2.24, 2.45) is 5.41 Å². The molecule has 0 unspecified atom stereocenters. The molecule has 0 bridgehead atoms. The summed E-state index contributed by atoms with van der Waals surface area (Å²) < 4.78 is 11.2. The SMILES string of the molecule is CCC(CC)(CNCc1ccc(Oc2ccccc2)o1)C(=O)O. The minimum absolute atomic E-state index is 0.408. The topological polar surface area (TPSA) is 71.7 Å². The Kier molecular flexibility index (Phi) is 5.82. The van der Waals surface area contributed by atoms with Crippen LogP contribution in [-0.2, 0) is 11.3 Å². The van der Waals surface area contributed by atoms with Crippen LogP contribution >= 0.6 is 0 Å². The normalized spacial score (nSPS) is 11.4. The van der Waals surface area contributed by atoms with Crippen LogP contribution in [0.2, 0.25) is 0 Å². The Morgan fingerprint density at radius 1 is 1.17 bits per heavy atom. The molecule has 2 rings (SSSR count). The van der Waals surface area contributed by atoms with Gasteiger partial charge in [-0.2, -0.15) is 0 Å². The summed E-state index contributed by atoms with van der Waals surface area (Å²) in [5, 5.41) is 12.6. The minimum atomic E-state index is -0.762. The van der Waals surface area contributed by atoms with Crippen LogP contribution in [0, 0.1) is 5.41 Å². The minimum Gasteiger partial charge on any atom is -0.481 e. The van der Waals surface area contributed by atoms with Crippen LogP contribution < -0.4 is 10.1 Å². The lowest BCUT2D eigenvalue weighted by molar-refractivity contribution is -0.149. The van der Waals surface area contributed by atoms with E-state index in [1.54, 1.807) is 6.07 Å². The van der Waals surface area contributed by atoms with Crippen LogP contribution in [0.25, 0.3) is 0 Å². The molecule has 1 heterocycles. The molecule has 1 aromatic carbocycles. The molecule has 23 heavy (non-hydrogen) atoms. The van der Waals surface area contributed by atoms with E-state index < -0.39 is 11.4 Å². The van der Waals surface area contributed by atoms with Crippen LogP contribution in [0.15, 0.2) is 46.9 Å². The number of rotatable bonds is 9. The van der Waals surface area contributed by atoms with Gasteiger partial charge in [0.2, 0.25) is 0 Å². The number of carbonyl (C=O) groups is 1. The number of carboxylic acids is 1. The van der Waals surface area contributed by atoms with E-state index in [0.29, 0.717) is 43.4 Å². The zero-order valence-electron chi connectivity index (χ0n) is 13.5.